The molecular formula is C20H16Cl2N4O2S. The van der Waals surface area contributed by atoms with Crippen LogP contribution in [0.1, 0.15) is 6.92 Å². The molecule has 2 aromatic heterocycles. The van der Waals surface area contributed by atoms with Gasteiger partial charge in [-0.2, -0.15) is 0 Å². The van der Waals surface area contributed by atoms with Crippen molar-refractivity contribution in [2.24, 2.45) is 0 Å². The second-order valence-electron chi connectivity index (χ2n) is 6.19. The van der Waals surface area contributed by atoms with Gasteiger partial charge in [-0.25, -0.2) is 0 Å². The van der Waals surface area contributed by atoms with Gasteiger partial charge in [-0.15, -0.1) is 10.2 Å². The first-order valence-corrected chi connectivity index (χ1v) is 10.6. The summed E-state index contributed by atoms with van der Waals surface area (Å²) in [5.41, 5.74) is 1.42. The normalized spacial score (nSPS) is 11.1. The van der Waals surface area contributed by atoms with Gasteiger partial charge in [0.15, 0.2) is 10.9 Å². The highest BCUT2D eigenvalue weighted by Gasteiger charge is 2.18. The minimum atomic E-state index is -0.136. The molecule has 0 aliphatic heterocycles. The molecule has 9 heteroatoms. The van der Waals surface area contributed by atoms with Gasteiger partial charge in [0.05, 0.1) is 5.75 Å². The Bertz CT molecular complexity index is 1170. The summed E-state index contributed by atoms with van der Waals surface area (Å²) in [6.07, 6.45) is 0. The Hall–Kier alpha value is -2.48. The Morgan fingerprint density at radius 3 is 2.62 bits per heavy atom. The van der Waals surface area contributed by atoms with E-state index in [4.69, 9.17) is 27.6 Å². The van der Waals surface area contributed by atoms with Crippen molar-refractivity contribution in [3.63, 3.8) is 0 Å². The number of fused-ring (bicyclic) bond motifs is 1. The zero-order valence-electron chi connectivity index (χ0n) is 15.4. The quantitative estimate of drug-likeness (QED) is 0.381. The third-order valence-electron chi connectivity index (χ3n) is 4.19. The van der Waals surface area contributed by atoms with Crippen molar-refractivity contribution in [2.75, 3.05) is 11.1 Å². The highest BCUT2D eigenvalue weighted by Crippen LogP contribution is 2.30. The Morgan fingerprint density at radius 1 is 1.10 bits per heavy atom. The number of rotatable bonds is 6. The lowest BCUT2D eigenvalue weighted by molar-refractivity contribution is -0.113. The molecule has 0 aliphatic rings. The van der Waals surface area contributed by atoms with Gasteiger partial charge in [0.25, 0.3) is 0 Å². The van der Waals surface area contributed by atoms with Crippen molar-refractivity contribution in [3.05, 3.63) is 58.6 Å². The van der Waals surface area contributed by atoms with Crippen LogP contribution in [0, 0.1) is 0 Å². The average Bonchev–Trinajstić information content (AvgIpc) is 3.31. The van der Waals surface area contributed by atoms with Crippen LogP contribution in [0.25, 0.3) is 22.6 Å². The molecule has 0 aliphatic carbocycles. The van der Waals surface area contributed by atoms with E-state index in [0.717, 1.165) is 11.0 Å². The zero-order chi connectivity index (χ0) is 20.4. The molecule has 0 spiro atoms. The number of carbonyl (C=O) groups excluding carboxylic acids is 1. The van der Waals surface area contributed by atoms with E-state index in [1.54, 1.807) is 30.3 Å². The van der Waals surface area contributed by atoms with E-state index >= 15 is 0 Å². The molecule has 0 unspecified atom stereocenters. The average molecular weight is 447 g/mol. The molecule has 0 bridgehead atoms. The fourth-order valence-corrected chi connectivity index (χ4v) is 3.96. The number of aromatic nitrogens is 3. The molecule has 148 valence electrons. The van der Waals surface area contributed by atoms with E-state index in [2.05, 4.69) is 15.5 Å². The minimum absolute atomic E-state index is 0.136. The lowest BCUT2D eigenvalue weighted by Crippen LogP contribution is -2.14. The maximum Gasteiger partial charge on any atom is 0.234 e. The molecule has 2 heterocycles. The highest BCUT2D eigenvalue weighted by atomic mass is 35.5. The molecular weight excluding hydrogens is 431 g/mol. The van der Waals surface area contributed by atoms with Crippen molar-refractivity contribution in [2.45, 2.75) is 18.6 Å². The number of furan rings is 1. The summed E-state index contributed by atoms with van der Waals surface area (Å²) in [4.78, 5) is 12.2. The zero-order valence-corrected chi connectivity index (χ0v) is 17.7. The van der Waals surface area contributed by atoms with Crippen LogP contribution in [0.3, 0.4) is 0 Å². The van der Waals surface area contributed by atoms with Crippen molar-refractivity contribution in [3.8, 4) is 11.6 Å². The Labute approximate surface area is 181 Å². The SMILES string of the molecule is CCn1c(SCC(=O)Nc2ccc(Cl)cc2)nnc1-c1cc2cc(Cl)ccc2o1. The first kappa shape index (κ1) is 19.8. The molecule has 6 nitrogen and oxygen atoms in total. The van der Waals surface area contributed by atoms with Crippen LogP contribution < -0.4 is 5.32 Å². The first-order chi connectivity index (χ1) is 14.0. The third-order valence-corrected chi connectivity index (χ3v) is 5.65. The van der Waals surface area contributed by atoms with Crippen LogP contribution in [0.4, 0.5) is 5.69 Å². The third kappa shape index (κ3) is 4.42. The molecule has 0 radical (unpaired) electrons. The molecule has 1 N–H and O–H groups in total. The molecule has 0 fully saturated rings. The second kappa shape index (κ2) is 8.49. The monoisotopic (exact) mass is 446 g/mol. The number of anilines is 1. The van der Waals surface area contributed by atoms with Crippen LogP contribution in [0.15, 0.2) is 58.1 Å². The summed E-state index contributed by atoms with van der Waals surface area (Å²) in [5, 5.41) is 14.1. The number of hydrogen-bond donors (Lipinski definition) is 1. The van der Waals surface area contributed by atoms with E-state index in [-0.39, 0.29) is 11.7 Å². The summed E-state index contributed by atoms with van der Waals surface area (Å²) in [6, 6.07) is 14.3. The van der Waals surface area contributed by atoms with Gasteiger partial charge in [0.1, 0.15) is 5.58 Å². The molecule has 0 atom stereocenters. The maximum atomic E-state index is 12.2. The summed E-state index contributed by atoms with van der Waals surface area (Å²) < 4.78 is 7.81. The lowest BCUT2D eigenvalue weighted by Gasteiger charge is -2.07. The first-order valence-electron chi connectivity index (χ1n) is 8.84. The lowest BCUT2D eigenvalue weighted by atomic mass is 10.2. The van der Waals surface area contributed by atoms with Crippen LogP contribution in [0.2, 0.25) is 10.0 Å². The number of carbonyl (C=O) groups is 1. The second-order valence-corrected chi connectivity index (χ2v) is 8.00. The highest BCUT2D eigenvalue weighted by molar-refractivity contribution is 7.99. The molecule has 4 rings (SSSR count). The number of thioether (sulfide) groups is 1. The van der Waals surface area contributed by atoms with Gasteiger partial charge in [0.2, 0.25) is 11.7 Å². The summed E-state index contributed by atoms with van der Waals surface area (Å²) in [6.45, 7) is 2.63. The fraction of sp³-hybridized carbons (Fsp3) is 0.150. The van der Waals surface area contributed by atoms with Crippen LogP contribution in [-0.2, 0) is 11.3 Å². The van der Waals surface area contributed by atoms with E-state index in [1.807, 2.05) is 29.7 Å². The molecule has 1 amide bonds. The number of halogens is 2. The molecule has 0 saturated carbocycles. The molecule has 29 heavy (non-hydrogen) atoms. The maximum absolute atomic E-state index is 12.2. The number of benzene rings is 2. The van der Waals surface area contributed by atoms with E-state index in [1.165, 1.54) is 11.8 Å². The van der Waals surface area contributed by atoms with Gasteiger partial charge < -0.3 is 9.73 Å². The number of amides is 1. The van der Waals surface area contributed by atoms with Crippen LogP contribution >= 0.6 is 35.0 Å². The van der Waals surface area contributed by atoms with Crippen molar-refractivity contribution < 1.29 is 9.21 Å². The standard InChI is InChI=1S/C20H16Cl2N4O2S/c1-2-26-19(17-10-12-9-14(22)5-8-16(12)28-17)24-25-20(26)29-11-18(27)23-15-6-3-13(21)4-7-15/h3-10H,2,11H2,1H3,(H,23,27). The van der Waals surface area contributed by atoms with E-state index in [9.17, 15) is 4.79 Å². The van der Waals surface area contributed by atoms with Crippen molar-refractivity contribution in [1.29, 1.82) is 0 Å². The summed E-state index contributed by atoms with van der Waals surface area (Å²) in [7, 11) is 0. The number of nitrogens with one attached hydrogen (secondary N) is 1. The predicted octanol–water partition coefficient (Wildman–Crippen LogP) is 5.75. The summed E-state index contributed by atoms with van der Waals surface area (Å²) >= 11 is 13.2. The van der Waals surface area contributed by atoms with Crippen LogP contribution in [0.5, 0.6) is 0 Å². The van der Waals surface area contributed by atoms with Gasteiger partial charge in [-0.3, -0.25) is 9.36 Å². The smallest absolute Gasteiger partial charge is 0.234 e. The van der Waals surface area contributed by atoms with Crippen molar-refractivity contribution in [1.82, 2.24) is 14.8 Å². The van der Waals surface area contributed by atoms with E-state index in [0.29, 0.717) is 39.0 Å². The minimum Gasteiger partial charge on any atom is -0.453 e. The van der Waals surface area contributed by atoms with Gasteiger partial charge in [-0.1, -0.05) is 35.0 Å². The molecule has 2 aromatic carbocycles. The van der Waals surface area contributed by atoms with Crippen LogP contribution in [-0.4, -0.2) is 26.4 Å². The fourth-order valence-electron chi connectivity index (χ4n) is 2.85. The van der Waals surface area contributed by atoms with Gasteiger partial charge in [-0.05, 0) is 55.5 Å². The Balaban J connectivity index is 1.49. The van der Waals surface area contributed by atoms with Crippen molar-refractivity contribution >= 4 is 57.5 Å². The van der Waals surface area contributed by atoms with Gasteiger partial charge >= 0.3 is 0 Å². The predicted molar refractivity (Wildman–Crippen MR) is 117 cm³/mol. The Kier molecular flexibility index (Phi) is 5.80. The largest absolute Gasteiger partial charge is 0.453 e. The molecule has 0 saturated heterocycles. The molecule has 4 aromatic rings. The van der Waals surface area contributed by atoms with Gasteiger partial charge in [0, 0.05) is 27.7 Å². The van der Waals surface area contributed by atoms with E-state index < -0.39 is 0 Å². The number of hydrogen-bond acceptors (Lipinski definition) is 5. The summed E-state index contributed by atoms with van der Waals surface area (Å²) in [5.74, 6) is 1.29. The topological polar surface area (TPSA) is 73.0 Å². The Morgan fingerprint density at radius 2 is 1.86 bits per heavy atom. The number of nitrogens with zero attached hydrogens (tertiary/aromatic N) is 3.